The maximum Gasteiger partial charge on any atom is 0.113 e. The highest BCUT2D eigenvalue weighted by Gasteiger charge is 2.05. The molecular formula is C11H15N3. The van der Waals surface area contributed by atoms with Crippen molar-refractivity contribution in [1.82, 2.24) is 9.38 Å². The number of nitrogens with zero attached hydrogens (tertiary/aromatic N) is 2. The Hall–Kier alpha value is -1.51. The van der Waals surface area contributed by atoms with Gasteiger partial charge in [0.25, 0.3) is 0 Å². The molecule has 2 N–H and O–H groups in total. The summed E-state index contributed by atoms with van der Waals surface area (Å²) in [6, 6.07) is 3.89. The molecule has 0 fully saturated rings. The summed E-state index contributed by atoms with van der Waals surface area (Å²) >= 11 is 0. The van der Waals surface area contributed by atoms with E-state index >= 15 is 0 Å². The Bertz CT molecular complexity index is 443. The highest BCUT2D eigenvalue weighted by Crippen LogP contribution is 2.13. The van der Waals surface area contributed by atoms with E-state index < -0.39 is 0 Å². The van der Waals surface area contributed by atoms with Crippen LogP contribution in [-0.2, 0) is 6.42 Å². The predicted molar refractivity (Wildman–Crippen MR) is 58.1 cm³/mol. The van der Waals surface area contributed by atoms with Gasteiger partial charge < -0.3 is 10.1 Å². The van der Waals surface area contributed by atoms with Crippen molar-refractivity contribution in [3.05, 3.63) is 30.4 Å². The molecule has 0 atom stereocenters. The number of nitrogens with two attached hydrogens (primary N) is 1. The number of anilines is 1. The molecule has 0 amide bonds. The molecule has 14 heavy (non-hydrogen) atoms. The van der Waals surface area contributed by atoms with Crippen LogP contribution in [0.15, 0.2) is 24.5 Å². The first kappa shape index (κ1) is 9.06. The van der Waals surface area contributed by atoms with Gasteiger partial charge in [-0.15, -0.1) is 0 Å². The fourth-order valence-corrected chi connectivity index (χ4v) is 1.58. The number of hydrogen-bond donors (Lipinski definition) is 1. The lowest BCUT2D eigenvalue weighted by atomic mass is 10.1. The van der Waals surface area contributed by atoms with Crippen molar-refractivity contribution in [2.24, 2.45) is 5.92 Å². The highest BCUT2D eigenvalue weighted by molar-refractivity contribution is 5.52. The minimum Gasteiger partial charge on any atom is -0.398 e. The van der Waals surface area contributed by atoms with Crippen LogP contribution in [0.25, 0.3) is 5.52 Å². The largest absolute Gasteiger partial charge is 0.398 e. The molecular weight excluding hydrogens is 174 g/mol. The third-order valence-electron chi connectivity index (χ3n) is 2.22. The predicted octanol–water partition coefficient (Wildman–Crippen LogP) is 2.12. The zero-order chi connectivity index (χ0) is 10.1. The van der Waals surface area contributed by atoms with Crippen molar-refractivity contribution < 1.29 is 0 Å². The van der Waals surface area contributed by atoms with E-state index in [4.69, 9.17) is 5.73 Å². The summed E-state index contributed by atoms with van der Waals surface area (Å²) in [5.74, 6) is 1.70. The first-order valence-corrected chi connectivity index (χ1v) is 4.88. The molecule has 2 aromatic rings. The van der Waals surface area contributed by atoms with Crippen LogP contribution in [0.5, 0.6) is 0 Å². The monoisotopic (exact) mass is 189 g/mol. The maximum atomic E-state index is 5.73. The summed E-state index contributed by atoms with van der Waals surface area (Å²) in [6.07, 6.45) is 4.80. The van der Waals surface area contributed by atoms with Gasteiger partial charge in [0.05, 0.1) is 11.7 Å². The fraction of sp³-hybridized carbons (Fsp3) is 0.364. The van der Waals surface area contributed by atoms with Crippen molar-refractivity contribution in [1.29, 1.82) is 0 Å². The number of aromatic nitrogens is 2. The maximum absolute atomic E-state index is 5.73. The Morgan fingerprint density at radius 3 is 2.93 bits per heavy atom. The van der Waals surface area contributed by atoms with Crippen molar-refractivity contribution in [2.75, 3.05) is 5.73 Å². The molecule has 0 aliphatic heterocycles. The molecule has 0 spiro atoms. The van der Waals surface area contributed by atoms with Crippen LogP contribution in [0.3, 0.4) is 0 Å². The molecule has 0 saturated heterocycles. The molecule has 74 valence electrons. The second-order valence-electron chi connectivity index (χ2n) is 4.03. The van der Waals surface area contributed by atoms with Gasteiger partial charge in [-0.25, -0.2) is 4.98 Å². The highest BCUT2D eigenvalue weighted by atomic mass is 15.0. The van der Waals surface area contributed by atoms with E-state index in [1.54, 1.807) is 0 Å². The second kappa shape index (κ2) is 3.33. The van der Waals surface area contributed by atoms with Crippen LogP contribution in [0, 0.1) is 5.92 Å². The zero-order valence-electron chi connectivity index (χ0n) is 8.57. The van der Waals surface area contributed by atoms with Gasteiger partial charge in [-0.05, 0) is 18.1 Å². The summed E-state index contributed by atoms with van der Waals surface area (Å²) in [7, 11) is 0. The van der Waals surface area contributed by atoms with Crippen LogP contribution in [0.1, 0.15) is 19.7 Å². The smallest absolute Gasteiger partial charge is 0.113 e. The zero-order valence-corrected chi connectivity index (χ0v) is 8.57. The lowest BCUT2D eigenvalue weighted by molar-refractivity contribution is 0.619. The summed E-state index contributed by atoms with van der Waals surface area (Å²) in [6.45, 7) is 4.38. The average molecular weight is 189 g/mol. The van der Waals surface area contributed by atoms with E-state index in [1.165, 1.54) is 0 Å². The lowest BCUT2D eigenvalue weighted by Crippen LogP contribution is -2.01. The molecule has 3 heteroatoms. The summed E-state index contributed by atoms with van der Waals surface area (Å²) in [5, 5.41) is 0. The van der Waals surface area contributed by atoms with Crippen LogP contribution in [-0.4, -0.2) is 9.38 Å². The normalized spacial score (nSPS) is 11.4. The standard InChI is InChI=1S/C11H15N3/c1-8(2)5-11-13-6-10-4-3-9(12)7-14(10)11/h3-4,6-8H,5,12H2,1-2H3. The molecule has 2 rings (SSSR count). The van der Waals surface area contributed by atoms with Gasteiger partial charge in [0.1, 0.15) is 5.82 Å². The number of rotatable bonds is 2. The molecule has 3 nitrogen and oxygen atoms in total. The second-order valence-corrected chi connectivity index (χ2v) is 4.03. The van der Waals surface area contributed by atoms with Crippen LogP contribution in [0.2, 0.25) is 0 Å². The first-order chi connectivity index (χ1) is 6.66. The van der Waals surface area contributed by atoms with E-state index in [2.05, 4.69) is 23.2 Å². The Kier molecular flexibility index (Phi) is 2.15. The Labute approximate surface area is 83.6 Å². The topological polar surface area (TPSA) is 43.3 Å². The molecule has 0 saturated carbocycles. The number of imidazole rings is 1. The van der Waals surface area contributed by atoms with Crippen molar-refractivity contribution in [3.8, 4) is 0 Å². The SMILES string of the molecule is CC(C)Cc1ncc2ccc(N)cn12. The lowest BCUT2D eigenvalue weighted by Gasteiger charge is -2.04. The van der Waals surface area contributed by atoms with Gasteiger partial charge >= 0.3 is 0 Å². The van der Waals surface area contributed by atoms with Crippen molar-refractivity contribution in [3.63, 3.8) is 0 Å². The van der Waals surface area contributed by atoms with Gasteiger partial charge in [-0.1, -0.05) is 13.8 Å². The van der Waals surface area contributed by atoms with Crippen LogP contribution >= 0.6 is 0 Å². The number of nitrogen functional groups attached to an aromatic ring is 1. The third-order valence-corrected chi connectivity index (χ3v) is 2.22. The molecule has 0 bridgehead atoms. The Morgan fingerprint density at radius 2 is 2.21 bits per heavy atom. The summed E-state index contributed by atoms with van der Waals surface area (Å²) in [5.41, 5.74) is 7.62. The summed E-state index contributed by atoms with van der Waals surface area (Å²) < 4.78 is 2.06. The van der Waals surface area contributed by atoms with Crippen molar-refractivity contribution in [2.45, 2.75) is 20.3 Å². The van der Waals surface area contributed by atoms with E-state index in [9.17, 15) is 0 Å². The number of fused-ring (bicyclic) bond motifs is 1. The van der Waals surface area contributed by atoms with Crippen molar-refractivity contribution >= 4 is 11.2 Å². The van der Waals surface area contributed by atoms with E-state index in [0.717, 1.165) is 23.4 Å². The molecule has 0 aliphatic rings. The van der Waals surface area contributed by atoms with Gasteiger partial charge in [0.15, 0.2) is 0 Å². The average Bonchev–Trinajstić information content (AvgIpc) is 2.47. The van der Waals surface area contributed by atoms with E-state index in [-0.39, 0.29) is 0 Å². The van der Waals surface area contributed by atoms with Gasteiger partial charge in [-0.3, -0.25) is 0 Å². The van der Waals surface area contributed by atoms with Gasteiger partial charge in [0.2, 0.25) is 0 Å². The summed E-state index contributed by atoms with van der Waals surface area (Å²) in [4.78, 5) is 4.38. The van der Waals surface area contributed by atoms with Crippen LogP contribution in [0.4, 0.5) is 5.69 Å². The Morgan fingerprint density at radius 1 is 1.43 bits per heavy atom. The Balaban J connectivity index is 2.50. The number of hydrogen-bond acceptors (Lipinski definition) is 2. The fourth-order valence-electron chi connectivity index (χ4n) is 1.58. The molecule has 2 heterocycles. The molecule has 2 aromatic heterocycles. The molecule has 0 radical (unpaired) electrons. The number of pyridine rings is 1. The van der Waals surface area contributed by atoms with Gasteiger partial charge in [0, 0.05) is 18.3 Å². The third kappa shape index (κ3) is 1.58. The minimum atomic E-state index is 0.613. The minimum absolute atomic E-state index is 0.613. The first-order valence-electron chi connectivity index (χ1n) is 4.88. The molecule has 0 aliphatic carbocycles. The van der Waals surface area contributed by atoms with E-state index in [1.807, 2.05) is 24.5 Å². The molecule has 0 aromatic carbocycles. The molecule has 0 unspecified atom stereocenters. The van der Waals surface area contributed by atoms with Gasteiger partial charge in [-0.2, -0.15) is 0 Å². The quantitative estimate of drug-likeness (QED) is 0.786. The van der Waals surface area contributed by atoms with E-state index in [0.29, 0.717) is 5.92 Å². The van der Waals surface area contributed by atoms with Crippen LogP contribution < -0.4 is 5.73 Å².